The van der Waals surface area contributed by atoms with E-state index in [0.717, 1.165) is 46.8 Å². The number of hydrogen-bond acceptors (Lipinski definition) is 0. The molecule has 1 saturated carbocycles. The third-order valence-electron chi connectivity index (χ3n) is 9.16. The Balaban J connectivity index is 1.24. The topological polar surface area (TPSA) is 0 Å². The average Bonchev–Trinajstić information content (AvgIpc) is 2.99. The van der Waals surface area contributed by atoms with E-state index >= 15 is 4.39 Å². The molecule has 3 aromatic rings. The van der Waals surface area contributed by atoms with Crippen molar-refractivity contribution < 1.29 is 4.39 Å². The molecule has 0 nitrogen and oxygen atoms in total. The standard InChI is InChI=1S/C39H51F/c1-3-5-7-9-11-13-36-27-28-37-30-35(26-29-38(37)39(36)40)25-24-34-22-20-33(21-23-34)19-18-32-16-14-31(15-17-32)12-10-8-6-4-2/h20-23,26-32H,3-19H2,1-2H3. The zero-order chi connectivity index (χ0) is 28.0. The monoisotopic (exact) mass is 538 g/mol. The van der Waals surface area contributed by atoms with Gasteiger partial charge in [-0.05, 0) is 78.3 Å². The minimum Gasteiger partial charge on any atom is -0.206 e. The maximum Gasteiger partial charge on any atom is 0.134 e. The van der Waals surface area contributed by atoms with Gasteiger partial charge in [0, 0.05) is 16.5 Å². The van der Waals surface area contributed by atoms with Gasteiger partial charge in [-0.2, -0.15) is 0 Å². The first-order valence-corrected chi connectivity index (χ1v) is 16.5. The maximum atomic E-state index is 15.1. The minimum atomic E-state index is -0.0569. The summed E-state index contributed by atoms with van der Waals surface area (Å²) in [7, 11) is 0. The molecule has 0 saturated heterocycles. The van der Waals surface area contributed by atoms with Gasteiger partial charge in [-0.25, -0.2) is 4.39 Å². The molecule has 0 bridgehead atoms. The number of hydrogen-bond donors (Lipinski definition) is 0. The summed E-state index contributed by atoms with van der Waals surface area (Å²) in [6.45, 7) is 4.52. The van der Waals surface area contributed by atoms with Crippen LogP contribution in [0.4, 0.5) is 4.39 Å². The molecule has 0 aromatic heterocycles. The second-order valence-corrected chi connectivity index (χ2v) is 12.4. The average molecular weight is 539 g/mol. The van der Waals surface area contributed by atoms with Gasteiger partial charge in [-0.3, -0.25) is 0 Å². The van der Waals surface area contributed by atoms with Crippen molar-refractivity contribution >= 4 is 10.8 Å². The Morgan fingerprint density at radius 3 is 1.98 bits per heavy atom. The highest BCUT2D eigenvalue weighted by atomic mass is 19.1. The second-order valence-electron chi connectivity index (χ2n) is 12.4. The Morgan fingerprint density at radius 1 is 0.625 bits per heavy atom. The van der Waals surface area contributed by atoms with Crippen LogP contribution in [0, 0.1) is 29.5 Å². The van der Waals surface area contributed by atoms with Crippen LogP contribution < -0.4 is 0 Å². The highest BCUT2D eigenvalue weighted by molar-refractivity contribution is 5.85. The highest BCUT2D eigenvalue weighted by Crippen LogP contribution is 2.34. The van der Waals surface area contributed by atoms with Gasteiger partial charge < -0.3 is 0 Å². The van der Waals surface area contributed by atoms with Crippen molar-refractivity contribution in [2.75, 3.05) is 0 Å². The second kappa shape index (κ2) is 16.6. The quantitative estimate of drug-likeness (QED) is 0.141. The third-order valence-corrected chi connectivity index (χ3v) is 9.16. The molecule has 0 radical (unpaired) electrons. The van der Waals surface area contributed by atoms with Gasteiger partial charge in [-0.1, -0.05) is 139 Å². The molecule has 0 spiro atoms. The van der Waals surface area contributed by atoms with Crippen molar-refractivity contribution in [1.82, 2.24) is 0 Å². The van der Waals surface area contributed by atoms with Crippen molar-refractivity contribution in [3.05, 3.63) is 82.7 Å². The molecule has 4 rings (SSSR count). The van der Waals surface area contributed by atoms with Crippen molar-refractivity contribution in [1.29, 1.82) is 0 Å². The van der Waals surface area contributed by atoms with E-state index in [1.165, 1.54) is 102 Å². The molecule has 0 heterocycles. The molecular formula is C39H51F. The maximum absolute atomic E-state index is 15.1. The van der Waals surface area contributed by atoms with Crippen LogP contribution >= 0.6 is 0 Å². The van der Waals surface area contributed by atoms with Crippen LogP contribution in [-0.4, -0.2) is 0 Å². The molecule has 214 valence electrons. The van der Waals surface area contributed by atoms with Crippen LogP contribution in [0.2, 0.25) is 0 Å². The van der Waals surface area contributed by atoms with E-state index in [1.54, 1.807) is 0 Å². The summed E-state index contributed by atoms with van der Waals surface area (Å²) >= 11 is 0. The van der Waals surface area contributed by atoms with Gasteiger partial charge in [0.05, 0.1) is 0 Å². The number of unbranched alkanes of at least 4 members (excludes halogenated alkanes) is 7. The lowest BCUT2D eigenvalue weighted by atomic mass is 9.77. The fraction of sp³-hybridized carbons (Fsp3) is 0.538. The molecule has 40 heavy (non-hydrogen) atoms. The first-order valence-electron chi connectivity index (χ1n) is 16.5. The molecule has 1 heteroatoms. The Hall–Kier alpha value is -2.59. The van der Waals surface area contributed by atoms with Gasteiger partial charge in [0.1, 0.15) is 5.82 Å². The van der Waals surface area contributed by atoms with Gasteiger partial charge in [0.2, 0.25) is 0 Å². The SMILES string of the molecule is CCCCCCCc1ccc2cc(C#Cc3ccc(CCC4CCC(CCCCCC)CC4)cc3)ccc2c1F. The normalized spacial score (nSPS) is 17.1. The Labute approximate surface area is 244 Å². The van der Waals surface area contributed by atoms with E-state index in [4.69, 9.17) is 0 Å². The first kappa shape index (κ1) is 30.4. The van der Waals surface area contributed by atoms with E-state index in [-0.39, 0.29) is 5.82 Å². The Bertz CT molecular complexity index is 1220. The molecule has 0 aliphatic heterocycles. The summed E-state index contributed by atoms with van der Waals surface area (Å²) in [5.74, 6) is 8.46. The fourth-order valence-electron chi connectivity index (χ4n) is 6.47. The molecule has 0 unspecified atom stereocenters. The van der Waals surface area contributed by atoms with Crippen LogP contribution in [0.5, 0.6) is 0 Å². The van der Waals surface area contributed by atoms with E-state index in [0.29, 0.717) is 5.39 Å². The molecule has 0 amide bonds. The fourth-order valence-corrected chi connectivity index (χ4v) is 6.47. The van der Waals surface area contributed by atoms with E-state index in [2.05, 4.69) is 56.0 Å². The summed E-state index contributed by atoms with van der Waals surface area (Å²) < 4.78 is 15.1. The van der Waals surface area contributed by atoms with Crippen molar-refractivity contribution in [3.63, 3.8) is 0 Å². The van der Waals surface area contributed by atoms with Crippen molar-refractivity contribution in [3.8, 4) is 11.8 Å². The number of aryl methyl sites for hydroxylation is 2. The van der Waals surface area contributed by atoms with E-state index in [9.17, 15) is 0 Å². The van der Waals surface area contributed by atoms with Crippen LogP contribution in [0.3, 0.4) is 0 Å². The number of fused-ring (bicyclic) bond motifs is 1. The van der Waals surface area contributed by atoms with Crippen LogP contribution in [0.25, 0.3) is 10.8 Å². The molecule has 1 aliphatic carbocycles. The first-order chi connectivity index (χ1) is 19.7. The number of benzene rings is 3. The number of rotatable bonds is 14. The summed E-state index contributed by atoms with van der Waals surface area (Å²) in [5, 5.41) is 1.64. The summed E-state index contributed by atoms with van der Waals surface area (Å²) in [6, 6.07) is 18.7. The van der Waals surface area contributed by atoms with Crippen LogP contribution in [-0.2, 0) is 12.8 Å². The van der Waals surface area contributed by atoms with E-state index in [1.807, 2.05) is 24.3 Å². The molecule has 3 aromatic carbocycles. The van der Waals surface area contributed by atoms with Crippen molar-refractivity contribution in [2.45, 2.75) is 123 Å². The molecular weight excluding hydrogens is 487 g/mol. The lowest BCUT2D eigenvalue weighted by molar-refractivity contribution is 0.249. The molecule has 0 N–H and O–H groups in total. The van der Waals surface area contributed by atoms with Crippen LogP contribution in [0.15, 0.2) is 54.6 Å². The van der Waals surface area contributed by atoms with Gasteiger partial charge in [-0.15, -0.1) is 0 Å². The van der Waals surface area contributed by atoms with E-state index < -0.39 is 0 Å². The van der Waals surface area contributed by atoms with Gasteiger partial charge >= 0.3 is 0 Å². The Morgan fingerprint density at radius 2 is 1.25 bits per heavy atom. The molecule has 1 fully saturated rings. The lowest BCUT2D eigenvalue weighted by Gasteiger charge is -2.28. The predicted molar refractivity (Wildman–Crippen MR) is 171 cm³/mol. The van der Waals surface area contributed by atoms with Crippen LogP contribution in [0.1, 0.15) is 132 Å². The summed E-state index contributed by atoms with van der Waals surface area (Å²) in [5.41, 5.74) is 4.24. The lowest BCUT2D eigenvalue weighted by Crippen LogP contribution is -2.15. The molecule has 0 atom stereocenters. The van der Waals surface area contributed by atoms with Gasteiger partial charge in [0.15, 0.2) is 0 Å². The Kier molecular flexibility index (Phi) is 12.6. The smallest absolute Gasteiger partial charge is 0.134 e. The number of halogens is 1. The highest BCUT2D eigenvalue weighted by Gasteiger charge is 2.20. The predicted octanol–water partition coefficient (Wildman–Crippen LogP) is 11.6. The largest absolute Gasteiger partial charge is 0.206 e. The van der Waals surface area contributed by atoms with Gasteiger partial charge in [0.25, 0.3) is 0 Å². The molecule has 1 aliphatic rings. The minimum absolute atomic E-state index is 0.0569. The summed E-state index contributed by atoms with van der Waals surface area (Å²) in [4.78, 5) is 0. The third kappa shape index (κ3) is 9.51. The zero-order valence-electron chi connectivity index (χ0n) is 25.2. The van der Waals surface area contributed by atoms with Crippen molar-refractivity contribution in [2.24, 2.45) is 11.8 Å². The summed E-state index contributed by atoms with van der Waals surface area (Å²) in [6.07, 6.45) is 22.2. The zero-order valence-corrected chi connectivity index (χ0v) is 25.2.